The van der Waals surface area contributed by atoms with Crippen LogP contribution in [0, 0.1) is 5.92 Å². The number of amides is 4. The topological polar surface area (TPSA) is 96.0 Å². The lowest BCUT2D eigenvalue weighted by molar-refractivity contribution is -0.150. The van der Waals surface area contributed by atoms with Crippen molar-refractivity contribution in [2.24, 2.45) is 5.92 Å². The van der Waals surface area contributed by atoms with Gasteiger partial charge in [0.2, 0.25) is 0 Å². The maximum absolute atomic E-state index is 12.5. The fourth-order valence-corrected chi connectivity index (χ4v) is 3.98. The van der Waals surface area contributed by atoms with Gasteiger partial charge in [-0.1, -0.05) is 18.2 Å². The monoisotopic (exact) mass is 385 g/mol. The van der Waals surface area contributed by atoms with E-state index in [1.807, 2.05) is 24.3 Å². The first-order valence-electron chi connectivity index (χ1n) is 9.58. The summed E-state index contributed by atoms with van der Waals surface area (Å²) < 4.78 is 5.07. The third-order valence-electron chi connectivity index (χ3n) is 5.75. The van der Waals surface area contributed by atoms with Crippen molar-refractivity contribution in [2.45, 2.75) is 38.1 Å². The van der Waals surface area contributed by atoms with Crippen LogP contribution in [0.1, 0.15) is 31.7 Å². The summed E-state index contributed by atoms with van der Waals surface area (Å²) >= 11 is 0. The Labute approximate surface area is 162 Å². The summed E-state index contributed by atoms with van der Waals surface area (Å²) in [6.45, 7) is 1.35. The van der Waals surface area contributed by atoms with Crippen molar-refractivity contribution in [3.8, 4) is 0 Å². The molecule has 4 amide bonds. The normalized spacial score (nSPS) is 24.0. The molecule has 8 heteroatoms. The summed E-state index contributed by atoms with van der Waals surface area (Å²) in [5, 5.41) is 2.68. The molecular formula is C20H23N3O5. The highest BCUT2D eigenvalue weighted by atomic mass is 16.5. The smallest absolute Gasteiger partial charge is 0.326 e. The summed E-state index contributed by atoms with van der Waals surface area (Å²) in [4.78, 5) is 51.8. The van der Waals surface area contributed by atoms with Gasteiger partial charge in [-0.2, -0.15) is 0 Å². The van der Waals surface area contributed by atoms with Gasteiger partial charge in [0.25, 0.3) is 11.8 Å². The predicted octanol–water partition coefficient (Wildman–Crippen LogP) is 1.23. The number of rotatable bonds is 5. The Morgan fingerprint density at radius 3 is 2.75 bits per heavy atom. The molecule has 0 unspecified atom stereocenters. The van der Waals surface area contributed by atoms with Crippen molar-refractivity contribution in [3.05, 3.63) is 29.8 Å². The largest absolute Gasteiger partial charge is 0.454 e. The Morgan fingerprint density at radius 2 is 2.00 bits per heavy atom. The molecule has 4 rings (SSSR count). The van der Waals surface area contributed by atoms with E-state index in [0.29, 0.717) is 6.54 Å². The Bertz CT molecular complexity index is 850. The summed E-state index contributed by atoms with van der Waals surface area (Å²) in [6.07, 6.45) is 3.52. The van der Waals surface area contributed by atoms with Gasteiger partial charge in [0.1, 0.15) is 12.1 Å². The van der Waals surface area contributed by atoms with E-state index in [9.17, 15) is 19.2 Å². The van der Waals surface area contributed by atoms with Crippen molar-refractivity contribution >= 4 is 29.5 Å². The van der Waals surface area contributed by atoms with Crippen LogP contribution in [-0.4, -0.2) is 54.0 Å². The van der Waals surface area contributed by atoms with Crippen LogP contribution in [0.2, 0.25) is 0 Å². The van der Waals surface area contributed by atoms with E-state index in [0.717, 1.165) is 41.8 Å². The number of urea groups is 1. The fourth-order valence-electron chi connectivity index (χ4n) is 3.98. The van der Waals surface area contributed by atoms with Crippen molar-refractivity contribution in [1.29, 1.82) is 0 Å². The van der Waals surface area contributed by atoms with E-state index in [4.69, 9.17) is 4.74 Å². The Kier molecular flexibility index (Phi) is 4.56. The zero-order chi connectivity index (χ0) is 19.9. The van der Waals surface area contributed by atoms with Crippen LogP contribution < -0.4 is 10.2 Å². The number of nitrogens with zero attached hydrogens (tertiary/aromatic N) is 2. The van der Waals surface area contributed by atoms with Gasteiger partial charge in [-0.25, -0.2) is 4.79 Å². The second-order valence-electron chi connectivity index (χ2n) is 7.74. The van der Waals surface area contributed by atoms with Gasteiger partial charge < -0.3 is 15.0 Å². The molecule has 28 heavy (non-hydrogen) atoms. The average molecular weight is 385 g/mol. The van der Waals surface area contributed by atoms with Crippen LogP contribution in [0.15, 0.2) is 24.3 Å². The predicted molar refractivity (Wildman–Crippen MR) is 99.4 cm³/mol. The number of carbonyl (C=O) groups excluding carboxylic acids is 4. The Hall–Kier alpha value is -2.90. The third kappa shape index (κ3) is 3.23. The number of hydrogen-bond acceptors (Lipinski definition) is 5. The lowest BCUT2D eigenvalue weighted by Crippen LogP contribution is -2.46. The molecule has 2 heterocycles. The van der Waals surface area contributed by atoms with E-state index in [-0.39, 0.29) is 11.8 Å². The summed E-state index contributed by atoms with van der Waals surface area (Å²) in [5.41, 5.74) is 0.987. The molecule has 1 saturated heterocycles. The molecule has 1 aromatic carbocycles. The highest BCUT2D eigenvalue weighted by Crippen LogP contribution is 2.42. The van der Waals surface area contributed by atoms with Crippen LogP contribution in [0.5, 0.6) is 0 Å². The molecule has 2 fully saturated rings. The number of nitrogens with one attached hydrogen (secondary N) is 1. The first kappa shape index (κ1) is 18.5. The molecule has 2 aliphatic heterocycles. The molecule has 0 aromatic heterocycles. The van der Waals surface area contributed by atoms with E-state index in [1.54, 1.807) is 11.8 Å². The van der Waals surface area contributed by atoms with Crippen LogP contribution in [0.3, 0.4) is 0 Å². The first-order chi connectivity index (χ1) is 13.4. The summed E-state index contributed by atoms with van der Waals surface area (Å²) in [6, 6.07) is 7.06. The minimum Gasteiger partial charge on any atom is -0.454 e. The van der Waals surface area contributed by atoms with Gasteiger partial charge in [-0.05, 0) is 50.2 Å². The number of fused-ring (bicyclic) bond motifs is 1. The number of imide groups is 1. The molecule has 0 radical (unpaired) electrons. The lowest BCUT2D eigenvalue weighted by atomic mass is 9.96. The second kappa shape index (κ2) is 6.92. The molecule has 8 nitrogen and oxygen atoms in total. The zero-order valence-electron chi connectivity index (χ0n) is 15.8. The van der Waals surface area contributed by atoms with Gasteiger partial charge in [0, 0.05) is 12.2 Å². The number of anilines is 1. The van der Waals surface area contributed by atoms with Crippen molar-refractivity contribution in [1.82, 2.24) is 10.2 Å². The molecule has 1 atom stereocenters. The molecule has 1 aliphatic carbocycles. The van der Waals surface area contributed by atoms with Crippen molar-refractivity contribution in [3.63, 3.8) is 0 Å². The highest BCUT2D eigenvalue weighted by molar-refractivity contribution is 6.09. The van der Waals surface area contributed by atoms with Gasteiger partial charge in [-0.3, -0.25) is 19.3 Å². The molecule has 1 saturated carbocycles. The standard InChI is InChI=1S/C20H23N3O5/c1-20(14-8-9-14)18(26)23(19(27)21-20)11-17(25)28-12-16(24)22-10-4-6-13-5-2-3-7-15(13)22/h2-3,5,7,14H,4,6,8-12H2,1H3,(H,21,27)/t20-/m0/s1. The molecule has 0 spiro atoms. The maximum Gasteiger partial charge on any atom is 0.326 e. The SMILES string of the molecule is C[C@@]1(C2CC2)NC(=O)N(CC(=O)OCC(=O)N2CCCc3ccccc32)C1=O. The van der Waals surface area contributed by atoms with E-state index < -0.39 is 36.6 Å². The van der Waals surface area contributed by atoms with Gasteiger partial charge in [0.15, 0.2) is 6.61 Å². The fraction of sp³-hybridized carbons (Fsp3) is 0.500. The third-order valence-corrected chi connectivity index (χ3v) is 5.75. The molecule has 148 valence electrons. The van der Waals surface area contributed by atoms with E-state index in [2.05, 4.69) is 5.32 Å². The molecule has 3 aliphatic rings. The highest BCUT2D eigenvalue weighted by Gasteiger charge is 2.56. The van der Waals surface area contributed by atoms with Gasteiger partial charge in [0.05, 0.1) is 0 Å². The second-order valence-corrected chi connectivity index (χ2v) is 7.74. The minimum atomic E-state index is -0.940. The minimum absolute atomic E-state index is 0.116. The molecule has 1 aromatic rings. The van der Waals surface area contributed by atoms with Crippen LogP contribution in [-0.2, 0) is 25.5 Å². The summed E-state index contributed by atoms with van der Waals surface area (Å²) in [7, 11) is 0. The molecule has 1 N–H and O–H groups in total. The quantitative estimate of drug-likeness (QED) is 0.608. The number of para-hydroxylation sites is 1. The average Bonchev–Trinajstić information content (AvgIpc) is 3.52. The van der Waals surface area contributed by atoms with Crippen LogP contribution in [0.4, 0.5) is 10.5 Å². The number of ether oxygens (including phenoxy) is 1. The first-order valence-corrected chi connectivity index (χ1v) is 9.58. The number of aryl methyl sites for hydroxylation is 1. The Morgan fingerprint density at radius 1 is 1.25 bits per heavy atom. The van der Waals surface area contributed by atoms with Crippen LogP contribution in [0.25, 0.3) is 0 Å². The van der Waals surface area contributed by atoms with E-state index in [1.165, 1.54) is 0 Å². The summed E-state index contributed by atoms with van der Waals surface area (Å²) in [5.74, 6) is -1.39. The lowest BCUT2D eigenvalue weighted by Gasteiger charge is -2.29. The van der Waals surface area contributed by atoms with Gasteiger partial charge in [-0.15, -0.1) is 0 Å². The Balaban J connectivity index is 1.33. The van der Waals surface area contributed by atoms with Gasteiger partial charge >= 0.3 is 12.0 Å². The molecular weight excluding hydrogens is 362 g/mol. The van der Waals surface area contributed by atoms with Crippen molar-refractivity contribution < 1.29 is 23.9 Å². The number of esters is 1. The zero-order valence-corrected chi connectivity index (χ0v) is 15.8. The molecule has 0 bridgehead atoms. The van der Waals surface area contributed by atoms with Crippen molar-refractivity contribution in [2.75, 3.05) is 24.6 Å². The van der Waals surface area contributed by atoms with E-state index >= 15 is 0 Å². The number of carbonyl (C=O) groups is 4. The van der Waals surface area contributed by atoms with Crippen LogP contribution >= 0.6 is 0 Å². The maximum atomic E-state index is 12.5. The number of hydrogen-bond donors (Lipinski definition) is 1. The number of benzene rings is 1.